The Kier molecular flexibility index (Phi) is 7.70. The Hall–Kier alpha value is -3.40. The Morgan fingerprint density at radius 2 is 1.48 bits per heavy atom. The summed E-state index contributed by atoms with van der Waals surface area (Å²) in [5.74, 6) is -0.257. The van der Waals surface area contributed by atoms with Gasteiger partial charge in [0.25, 0.3) is 0 Å². The molecule has 0 saturated heterocycles. The molecule has 0 amide bonds. The number of hydrogen-bond acceptors (Lipinski definition) is 5. The molecule has 0 radical (unpaired) electrons. The second-order valence-corrected chi connectivity index (χ2v) is 9.91. The van der Waals surface area contributed by atoms with Gasteiger partial charge < -0.3 is 5.32 Å². The molecule has 0 aliphatic carbocycles. The molecule has 2 N–H and O–H groups in total. The first kappa shape index (κ1) is 24.2. The molecule has 0 bridgehead atoms. The molecule has 0 aliphatic rings. The van der Waals surface area contributed by atoms with Gasteiger partial charge in [-0.2, -0.15) is 5.10 Å². The van der Waals surface area contributed by atoms with Gasteiger partial charge in [0.1, 0.15) is 5.71 Å². The van der Waals surface area contributed by atoms with E-state index in [4.69, 9.17) is 12.2 Å². The molecule has 0 fully saturated rings. The fourth-order valence-electron chi connectivity index (χ4n) is 2.93. The molecule has 3 aromatic rings. The third-order valence-corrected chi connectivity index (χ3v) is 6.81. The minimum absolute atomic E-state index is 0.117. The van der Waals surface area contributed by atoms with Crippen molar-refractivity contribution in [2.75, 3.05) is 19.4 Å². The maximum Gasteiger partial charge on any atom is 0.242 e. The SMILES string of the molecule is Cc1ccc(S(=O)(=O)N(C)C)cc1NC(=S)NN=C(C(=O)c1ccccc1)c1ccccc1. The van der Waals surface area contributed by atoms with Crippen LogP contribution < -0.4 is 10.7 Å². The van der Waals surface area contributed by atoms with E-state index in [0.717, 1.165) is 9.87 Å². The molecule has 0 unspecified atom stereocenters. The Labute approximate surface area is 199 Å². The number of carbonyl (C=O) groups is 1. The van der Waals surface area contributed by atoms with Crippen molar-refractivity contribution in [2.45, 2.75) is 11.8 Å². The van der Waals surface area contributed by atoms with Gasteiger partial charge in [-0.25, -0.2) is 12.7 Å². The minimum atomic E-state index is -3.60. The highest BCUT2D eigenvalue weighted by molar-refractivity contribution is 7.89. The lowest BCUT2D eigenvalue weighted by Crippen LogP contribution is -2.28. The van der Waals surface area contributed by atoms with Gasteiger partial charge in [0.15, 0.2) is 5.11 Å². The number of anilines is 1. The van der Waals surface area contributed by atoms with Crippen molar-refractivity contribution in [3.8, 4) is 0 Å². The van der Waals surface area contributed by atoms with E-state index in [0.29, 0.717) is 16.8 Å². The van der Waals surface area contributed by atoms with Gasteiger partial charge in [-0.1, -0.05) is 66.7 Å². The summed E-state index contributed by atoms with van der Waals surface area (Å²) in [6.07, 6.45) is 0. The van der Waals surface area contributed by atoms with E-state index in [1.807, 2.05) is 31.2 Å². The van der Waals surface area contributed by atoms with Gasteiger partial charge in [0, 0.05) is 30.9 Å². The summed E-state index contributed by atoms with van der Waals surface area (Å²) in [5, 5.41) is 7.37. The molecular formula is C24H24N4O3S2. The average molecular weight is 481 g/mol. The monoisotopic (exact) mass is 480 g/mol. The van der Waals surface area contributed by atoms with Crippen LogP contribution in [0.2, 0.25) is 0 Å². The van der Waals surface area contributed by atoms with Crippen LogP contribution in [0.5, 0.6) is 0 Å². The van der Waals surface area contributed by atoms with Crippen molar-refractivity contribution in [3.05, 3.63) is 95.6 Å². The van der Waals surface area contributed by atoms with Gasteiger partial charge in [-0.05, 0) is 36.8 Å². The van der Waals surface area contributed by atoms with Crippen LogP contribution in [0.15, 0.2) is 88.9 Å². The van der Waals surface area contributed by atoms with Crippen LogP contribution in [-0.2, 0) is 10.0 Å². The van der Waals surface area contributed by atoms with Gasteiger partial charge in [0.05, 0.1) is 4.90 Å². The molecule has 0 aliphatic heterocycles. The van der Waals surface area contributed by atoms with Crippen LogP contribution in [-0.4, -0.2) is 43.4 Å². The quantitative estimate of drug-likeness (QED) is 0.231. The van der Waals surface area contributed by atoms with E-state index in [-0.39, 0.29) is 21.5 Å². The lowest BCUT2D eigenvalue weighted by molar-refractivity contribution is 0.106. The highest BCUT2D eigenvalue weighted by Gasteiger charge is 2.19. The van der Waals surface area contributed by atoms with Crippen molar-refractivity contribution in [1.82, 2.24) is 9.73 Å². The maximum absolute atomic E-state index is 13.1. The third-order valence-electron chi connectivity index (χ3n) is 4.80. The molecule has 170 valence electrons. The van der Waals surface area contributed by atoms with Crippen molar-refractivity contribution in [2.24, 2.45) is 5.10 Å². The van der Waals surface area contributed by atoms with Gasteiger partial charge in [0.2, 0.25) is 15.8 Å². The number of hydrazone groups is 1. The smallest absolute Gasteiger partial charge is 0.242 e. The molecule has 0 atom stereocenters. The maximum atomic E-state index is 13.1. The number of benzene rings is 3. The third kappa shape index (κ3) is 5.89. The fraction of sp³-hybridized carbons (Fsp3) is 0.125. The van der Waals surface area contributed by atoms with E-state index in [1.54, 1.807) is 42.5 Å². The van der Waals surface area contributed by atoms with Crippen LogP contribution in [0.25, 0.3) is 0 Å². The minimum Gasteiger partial charge on any atom is -0.331 e. The zero-order chi connectivity index (χ0) is 24.0. The van der Waals surface area contributed by atoms with E-state index in [1.165, 1.54) is 26.2 Å². The largest absolute Gasteiger partial charge is 0.331 e. The number of aryl methyl sites for hydroxylation is 1. The molecule has 0 saturated carbocycles. The van der Waals surface area contributed by atoms with E-state index >= 15 is 0 Å². The number of ketones is 1. The van der Waals surface area contributed by atoms with Crippen molar-refractivity contribution in [1.29, 1.82) is 0 Å². The summed E-state index contributed by atoms with van der Waals surface area (Å²) in [6.45, 7) is 1.83. The number of thiocarbonyl (C=S) groups is 1. The number of rotatable bonds is 7. The fourth-order valence-corrected chi connectivity index (χ4v) is 4.02. The standard InChI is InChI=1S/C24H24N4O3S2/c1-17-14-15-20(33(30,31)28(2)3)16-21(17)25-24(32)27-26-22(18-10-6-4-7-11-18)23(29)19-12-8-5-9-13-19/h4-16H,1-3H3,(H2,25,27,32). The summed E-state index contributed by atoms with van der Waals surface area (Å²) in [4.78, 5) is 13.2. The highest BCUT2D eigenvalue weighted by atomic mass is 32.2. The Bertz CT molecular complexity index is 1290. The topological polar surface area (TPSA) is 90.9 Å². The number of Topliss-reactive ketones (excluding diaryl/α,β-unsaturated/α-hetero) is 1. The molecule has 7 nitrogen and oxygen atoms in total. The zero-order valence-corrected chi connectivity index (χ0v) is 20.1. The van der Waals surface area contributed by atoms with E-state index < -0.39 is 10.0 Å². The first-order valence-corrected chi connectivity index (χ1v) is 11.9. The summed E-state index contributed by atoms with van der Waals surface area (Å²) in [5.41, 5.74) is 5.36. The van der Waals surface area contributed by atoms with Gasteiger partial charge in [-0.3, -0.25) is 10.2 Å². The molecule has 0 aromatic heterocycles. The summed E-state index contributed by atoms with van der Waals surface area (Å²) < 4.78 is 26.0. The zero-order valence-electron chi connectivity index (χ0n) is 18.4. The van der Waals surface area contributed by atoms with Gasteiger partial charge >= 0.3 is 0 Å². The van der Waals surface area contributed by atoms with Crippen LogP contribution in [0.4, 0.5) is 5.69 Å². The molecule has 33 heavy (non-hydrogen) atoms. The number of nitrogens with one attached hydrogen (secondary N) is 2. The lowest BCUT2D eigenvalue weighted by atomic mass is 10.0. The molecule has 0 spiro atoms. The van der Waals surface area contributed by atoms with Crippen molar-refractivity contribution < 1.29 is 13.2 Å². The lowest BCUT2D eigenvalue weighted by Gasteiger charge is -2.15. The van der Waals surface area contributed by atoms with E-state index in [9.17, 15) is 13.2 Å². The Balaban J connectivity index is 1.86. The molecule has 3 rings (SSSR count). The number of sulfonamides is 1. The average Bonchev–Trinajstić information content (AvgIpc) is 2.81. The Morgan fingerprint density at radius 3 is 2.06 bits per heavy atom. The van der Waals surface area contributed by atoms with E-state index in [2.05, 4.69) is 15.8 Å². The Morgan fingerprint density at radius 1 is 0.909 bits per heavy atom. The summed E-state index contributed by atoms with van der Waals surface area (Å²) in [7, 11) is -0.658. The van der Waals surface area contributed by atoms with Crippen molar-refractivity contribution >= 4 is 44.5 Å². The van der Waals surface area contributed by atoms with Crippen LogP contribution in [0.1, 0.15) is 21.5 Å². The summed E-state index contributed by atoms with van der Waals surface area (Å²) in [6, 6.07) is 22.7. The second kappa shape index (κ2) is 10.5. The van der Waals surface area contributed by atoms with Gasteiger partial charge in [-0.15, -0.1) is 0 Å². The second-order valence-electron chi connectivity index (χ2n) is 7.35. The summed E-state index contributed by atoms with van der Waals surface area (Å²) >= 11 is 5.36. The highest BCUT2D eigenvalue weighted by Crippen LogP contribution is 2.22. The molecule has 3 aromatic carbocycles. The number of nitrogens with zero attached hydrogens (tertiary/aromatic N) is 2. The number of hydrogen-bond donors (Lipinski definition) is 2. The van der Waals surface area contributed by atoms with Crippen LogP contribution in [0, 0.1) is 6.92 Å². The molecule has 0 heterocycles. The first-order chi connectivity index (χ1) is 15.7. The molecule has 9 heteroatoms. The predicted molar refractivity (Wildman–Crippen MR) is 135 cm³/mol. The molecular weight excluding hydrogens is 456 g/mol. The van der Waals surface area contributed by atoms with Crippen molar-refractivity contribution in [3.63, 3.8) is 0 Å². The van der Waals surface area contributed by atoms with Crippen LogP contribution in [0.3, 0.4) is 0 Å². The predicted octanol–water partition coefficient (Wildman–Crippen LogP) is 3.82. The normalized spacial score (nSPS) is 11.8. The van der Waals surface area contributed by atoms with Crippen LogP contribution >= 0.6 is 12.2 Å². The number of carbonyl (C=O) groups excluding carboxylic acids is 1. The first-order valence-electron chi connectivity index (χ1n) is 10.0.